The van der Waals surface area contributed by atoms with Crippen molar-refractivity contribution in [2.75, 3.05) is 13.7 Å². The molecular formula is C14H21NO2. The molecule has 0 radical (unpaired) electrons. The Morgan fingerprint density at radius 2 is 1.82 bits per heavy atom. The van der Waals surface area contributed by atoms with Gasteiger partial charge < -0.3 is 10.1 Å². The van der Waals surface area contributed by atoms with Crippen molar-refractivity contribution in [3.63, 3.8) is 0 Å². The van der Waals surface area contributed by atoms with Gasteiger partial charge in [-0.05, 0) is 29.9 Å². The van der Waals surface area contributed by atoms with E-state index in [9.17, 15) is 4.79 Å². The maximum absolute atomic E-state index is 10.8. The highest BCUT2D eigenvalue weighted by Gasteiger charge is 2.00. The van der Waals surface area contributed by atoms with E-state index >= 15 is 0 Å². The van der Waals surface area contributed by atoms with E-state index in [0.717, 1.165) is 12.8 Å². The van der Waals surface area contributed by atoms with Gasteiger partial charge in [0.05, 0.1) is 7.11 Å². The number of benzene rings is 1. The van der Waals surface area contributed by atoms with Crippen LogP contribution in [0, 0.1) is 5.92 Å². The van der Waals surface area contributed by atoms with E-state index in [1.165, 1.54) is 18.2 Å². The molecular weight excluding hydrogens is 214 g/mol. The molecule has 1 amide bonds. The van der Waals surface area contributed by atoms with Gasteiger partial charge in [0.2, 0.25) is 0 Å². The monoisotopic (exact) mass is 235 g/mol. The molecule has 0 aliphatic rings. The first-order chi connectivity index (χ1) is 8.11. The van der Waals surface area contributed by atoms with Crippen LogP contribution in [0.4, 0.5) is 4.79 Å². The van der Waals surface area contributed by atoms with Crippen LogP contribution >= 0.6 is 0 Å². The summed E-state index contributed by atoms with van der Waals surface area (Å²) in [5, 5.41) is 2.67. The molecule has 0 fully saturated rings. The average molecular weight is 235 g/mol. The van der Waals surface area contributed by atoms with E-state index in [0.29, 0.717) is 12.5 Å². The molecule has 0 atom stereocenters. The molecule has 0 aromatic heterocycles. The van der Waals surface area contributed by atoms with Gasteiger partial charge in [0.15, 0.2) is 0 Å². The third kappa shape index (κ3) is 5.38. The lowest BCUT2D eigenvalue weighted by atomic mass is 10.0. The highest BCUT2D eigenvalue weighted by atomic mass is 16.5. The van der Waals surface area contributed by atoms with E-state index < -0.39 is 0 Å². The Kier molecular flexibility index (Phi) is 5.53. The van der Waals surface area contributed by atoms with E-state index in [1.54, 1.807) is 0 Å². The fourth-order valence-electron chi connectivity index (χ4n) is 1.69. The number of hydrogen-bond acceptors (Lipinski definition) is 2. The third-order valence-electron chi connectivity index (χ3n) is 2.54. The molecule has 1 aromatic carbocycles. The zero-order chi connectivity index (χ0) is 12.7. The summed E-state index contributed by atoms with van der Waals surface area (Å²) in [4.78, 5) is 10.8. The number of hydrogen-bond donors (Lipinski definition) is 1. The summed E-state index contributed by atoms with van der Waals surface area (Å²) < 4.78 is 4.50. The second-order valence-electron chi connectivity index (χ2n) is 4.58. The molecule has 1 aromatic rings. The van der Waals surface area contributed by atoms with Crippen molar-refractivity contribution in [3.05, 3.63) is 35.4 Å². The van der Waals surface area contributed by atoms with Crippen LogP contribution in [0.5, 0.6) is 0 Å². The maximum Gasteiger partial charge on any atom is 0.406 e. The topological polar surface area (TPSA) is 38.3 Å². The summed E-state index contributed by atoms with van der Waals surface area (Å²) in [7, 11) is 1.37. The van der Waals surface area contributed by atoms with Crippen LogP contribution in [-0.2, 0) is 17.6 Å². The lowest BCUT2D eigenvalue weighted by Gasteiger charge is -2.07. The molecule has 0 aliphatic carbocycles. The van der Waals surface area contributed by atoms with Crippen molar-refractivity contribution in [2.45, 2.75) is 26.7 Å². The van der Waals surface area contributed by atoms with Crippen LogP contribution in [0.1, 0.15) is 25.0 Å². The fraction of sp³-hybridized carbons (Fsp3) is 0.500. The summed E-state index contributed by atoms with van der Waals surface area (Å²) in [6.45, 7) is 5.04. The Hall–Kier alpha value is -1.51. The van der Waals surface area contributed by atoms with E-state index in [2.05, 4.69) is 48.2 Å². The molecule has 0 saturated carbocycles. The molecule has 0 unspecified atom stereocenters. The molecule has 0 spiro atoms. The molecule has 17 heavy (non-hydrogen) atoms. The van der Waals surface area contributed by atoms with Crippen molar-refractivity contribution in [3.8, 4) is 0 Å². The smallest absolute Gasteiger partial charge is 0.406 e. The molecule has 1 N–H and O–H groups in total. The van der Waals surface area contributed by atoms with Crippen molar-refractivity contribution in [1.82, 2.24) is 5.32 Å². The first-order valence-electron chi connectivity index (χ1n) is 6.01. The highest BCUT2D eigenvalue weighted by molar-refractivity contribution is 5.66. The predicted molar refractivity (Wildman–Crippen MR) is 69.1 cm³/mol. The van der Waals surface area contributed by atoms with Gasteiger partial charge in [-0.2, -0.15) is 0 Å². The largest absolute Gasteiger partial charge is 0.453 e. The van der Waals surface area contributed by atoms with E-state index in [-0.39, 0.29) is 6.09 Å². The Balaban J connectivity index is 2.37. The third-order valence-corrected chi connectivity index (χ3v) is 2.54. The second kappa shape index (κ2) is 6.94. The summed E-state index contributed by atoms with van der Waals surface area (Å²) >= 11 is 0. The number of ether oxygens (including phenoxy) is 1. The summed E-state index contributed by atoms with van der Waals surface area (Å²) in [5.41, 5.74) is 2.60. The van der Waals surface area contributed by atoms with Crippen molar-refractivity contribution < 1.29 is 9.53 Å². The summed E-state index contributed by atoms with van der Waals surface area (Å²) in [5.74, 6) is 0.682. The van der Waals surface area contributed by atoms with Crippen LogP contribution in [0.25, 0.3) is 0 Å². The molecule has 0 saturated heterocycles. The SMILES string of the molecule is COC(=O)NCCc1ccc(CC(C)C)cc1. The standard InChI is InChI=1S/C14H21NO2/c1-11(2)10-13-6-4-12(5-7-13)8-9-15-14(16)17-3/h4-7,11H,8-10H2,1-3H3,(H,15,16). The molecule has 0 bridgehead atoms. The van der Waals surface area contributed by atoms with Crippen LogP contribution in [0.15, 0.2) is 24.3 Å². The minimum absolute atomic E-state index is 0.374. The van der Waals surface area contributed by atoms with Crippen molar-refractivity contribution in [1.29, 1.82) is 0 Å². The van der Waals surface area contributed by atoms with E-state index in [4.69, 9.17) is 0 Å². The Labute approximate surface area is 103 Å². The Morgan fingerprint density at radius 3 is 2.35 bits per heavy atom. The second-order valence-corrected chi connectivity index (χ2v) is 4.58. The number of methoxy groups -OCH3 is 1. The molecule has 3 nitrogen and oxygen atoms in total. The Morgan fingerprint density at radius 1 is 1.24 bits per heavy atom. The molecule has 0 aliphatic heterocycles. The number of amides is 1. The summed E-state index contributed by atoms with van der Waals surface area (Å²) in [6.07, 6.45) is 1.57. The average Bonchev–Trinajstić information content (AvgIpc) is 2.30. The first kappa shape index (κ1) is 13.6. The minimum Gasteiger partial charge on any atom is -0.453 e. The normalized spacial score (nSPS) is 10.4. The molecule has 3 heteroatoms. The number of rotatable bonds is 5. The summed E-state index contributed by atoms with van der Waals surface area (Å²) in [6, 6.07) is 8.56. The number of carbonyl (C=O) groups excluding carboxylic acids is 1. The molecule has 94 valence electrons. The van der Waals surface area contributed by atoms with Gasteiger partial charge in [0.25, 0.3) is 0 Å². The highest BCUT2D eigenvalue weighted by Crippen LogP contribution is 2.09. The van der Waals surface area contributed by atoms with Gasteiger partial charge in [0.1, 0.15) is 0 Å². The first-order valence-corrected chi connectivity index (χ1v) is 6.01. The van der Waals surface area contributed by atoms with Crippen LogP contribution in [0.3, 0.4) is 0 Å². The van der Waals surface area contributed by atoms with Gasteiger partial charge in [-0.3, -0.25) is 0 Å². The number of carbonyl (C=O) groups is 1. The van der Waals surface area contributed by atoms with Crippen LogP contribution < -0.4 is 5.32 Å². The van der Waals surface area contributed by atoms with Gasteiger partial charge in [-0.25, -0.2) is 4.79 Å². The van der Waals surface area contributed by atoms with E-state index in [1.807, 2.05) is 0 Å². The van der Waals surface area contributed by atoms with Gasteiger partial charge in [0, 0.05) is 6.54 Å². The number of nitrogens with one attached hydrogen (secondary N) is 1. The zero-order valence-corrected chi connectivity index (χ0v) is 10.8. The predicted octanol–water partition coefficient (Wildman–Crippen LogP) is 2.78. The van der Waals surface area contributed by atoms with Crippen molar-refractivity contribution in [2.24, 2.45) is 5.92 Å². The van der Waals surface area contributed by atoms with Gasteiger partial charge in [-0.15, -0.1) is 0 Å². The lowest BCUT2D eigenvalue weighted by molar-refractivity contribution is 0.171. The Bertz CT molecular complexity index is 344. The van der Waals surface area contributed by atoms with Crippen molar-refractivity contribution >= 4 is 6.09 Å². The minimum atomic E-state index is -0.374. The molecule has 1 rings (SSSR count). The van der Waals surface area contributed by atoms with Gasteiger partial charge >= 0.3 is 6.09 Å². The lowest BCUT2D eigenvalue weighted by Crippen LogP contribution is -2.25. The quantitative estimate of drug-likeness (QED) is 0.852. The number of alkyl carbamates (subject to hydrolysis) is 1. The fourth-order valence-corrected chi connectivity index (χ4v) is 1.69. The van der Waals surface area contributed by atoms with Gasteiger partial charge in [-0.1, -0.05) is 38.1 Å². The molecule has 0 heterocycles. The van der Waals surface area contributed by atoms with Crippen LogP contribution in [0.2, 0.25) is 0 Å². The zero-order valence-electron chi connectivity index (χ0n) is 10.8. The van der Waals surface area contributed by atoms with Crippen LogP contribution in [-0.4, -0.2) is 19.7 Å². The maximum atomic E-state index is 10.8.